The second-order valence-corrected chi connectivity index (χ2v) is 13.9. The lowest BCUT2D eigenvalue weighted by molar-refractivity contribution is -0.172. The summed E-state index contributed by atoms with van der Waals surface area (Å²) in [6.07, 6.45) is 1.12. The predicted molar refractivity (Wildman–Crippen MR) is 140 cm³/mol. The first-order valence-electron chi connectivity index (χ1n) is 12.8. The van der Waals surface area contributed by atoms with Crippen molar-refractivity contribution in [3.8, 4) is 0 Å². The maximum absolute atomic E-state index is 12.8. The summed E-state index contributed by atoms with van der Waals surface area (Å²) in [6.45, 7) is 20.8. The molecule has 0 aliphatic carbocycles. The van der Waals surface area contributed by atoms with Gasteiger partial charge in [0.15, 0.2) is 0 Å². The Bertz CT molecular complexity index is 833. The molecule has 0 unspecified atom stereocenters. The molecule has 0 aromatic carbocycles. The first-order chi connectivity index (χ1) is 16.3. The van der Waals surface area contributed by atoms with E-state index in [0.717, 1.165) is 0 Å². The molecule has 0 rings (SSSR count). The molecule has 0 aliphatic heterocycles. The van der Waals surface area contributed by atoms with Crippen molar-refractivity contribution in [1.82, 2.24) is 0 Å². The Balaban J connectivity index is 4.77. The van der Waals surface area contributed by atoms with E-state index in [9.17, 15) is 29.4 Å². The summed E-state index contributed by atoms with van der Waals surface area (Å²) in [6, 6.07) is 0. The van der Waals surface area contributed by atoms with Gasteiger partial charge in [0.05, 0.1) is 40.5 Å². The third-order valence-electron chi connectivity index (χ3n) is 6.53. The molecule has 0 heterocycles. The zero-order valence-corrected chi connectivity index (χ0v) is 25.0. The first kappa shape index (κ1) is 34.8. The number of rotatable bonds is 16. The number of hydrogen-bond donors (Lipinski definition) is 2. The van der Waals surface area contributed by atoms with Gasteiger partial charge in [-0.1, -0.05) is 0 Å². The van der Waals surface area contributed by atoms with Crippen LogP contribution in [0.2, 0.25) is 0 Å². The SMILES string of the molecule is CC(C)(CCOC(=O)C(C)(C)CC(C)(C)C(=O)O)OCCC(C)(C)OC(=O)C(C)(C)CC(C)(C)C(=O)O. The number of ether oxygens (including phenoxy) is 3. The molecule has 9 nitrogen and oxygen atoms in total. The number of esters is 2. The topological polar surface area (TPSA) is 136 Å². The zero-order valence-electron chi connectivity index (χ0n) is 25.0. The van der Waals surface area contributed by atoms with Crippen molar-refractivity contribution in [3.63, 3.8) is 0 Å². The molecule has 0 atom stereocenters. The van der Waals surface area contributed by atoms with Crippen molar-refractivity contribution < 1.29 is 43.6 Å². The van der Waals surface area contributed by atoms with Gasteiger partial charge >= 0.3 is 23.9 Å². The summed E-state index contributed by atoms with van der Waals surface area (Å²) in [5.41, 5.74) is -5.49. The minimum absolute atomic E-state index is 0.120. The fourth-order valence-corrected chi connectivity index (χ4v) is 4.18. The fourth-order valence-electron chi connectivity index (χ4n) is 4.18. The van der Waals surface area contributed by atoms with E-state index in [-0.39, 0.29) is 19.4 Å². The number of aliphatic carboxylic acids is 2. The van der Waals surface area contributed by atoms with E-state index in [0.29, 0.717) is 19.4 Å². The van der Waals surface area contributed by atoms with Gasteiger partial charge in [0.1, 0.15) is 5.60 Å². The highest BCUT2D eigenvalue weighted by Crippen LogP contribution is 2.37. The predicted octanol–water partition coefficient (Wildman–Crippen LogP) is 5.48. The van der Waals surface area contributed by atoms with Crippen LogP contribution in [0.15, 0.2) is 0 Å². The monoisotopic (exact) mass is 530 g/mol. The highest BCUT2D eigenvalue weighted by Gasteiger charge is 2.42. The van der Waals surface area contributed by atoms with Gasteiger partial charge in [-0.05, 0) is 95.9 Å². The molecule has 0 amide bonds. The third kappa shape index (κ3) is 11.8. The second kappa shape index (κ2) is 12.1. The van der Waals surface area contributed by atoms with E-state index in [1.54, 1.807) is 69.2 Å². The van der Waals surface area contributed by atoms with Crippen LogP contribution in [0.3, 0.4) is 0 Å². The standard InChI is InChI=1S/C28H50O9/c1-23(2,19(29)30)17-25(5,6)21(33)35-15-13-27(9,10)36-16-14-28(11,12)37-22(34)26(7,8)18-24(3,4)20(31)32/h13-18H2,1-12H3,(H,29,30)(H,31,32). The highest BCUT2D eigenvalue weighted by molar-refractivity contribution is 5.80. The van der Waals surface area contributed by atoms with E-state index in [4.69, 9.17) is 14.2 Å². The van der Waals surface area contributed by atoms with Gasteiger partial charge in [-0.25, -0.2) is 0 Å². The molecular weight excluding hydrogens is 480 g/mol. The number of carboxylic acids is 2. The minimum Gasteiger partial charge on any atom is -0.481 e. The van der Waals surface area contributed by atoms with Gasteiger partial charge in [0.25, 0.3) is 0 Å². The molecular formula is C28H50O9. The van der Waals surface area contributed by atoms with Crippen molar-refractivity contribution >= 4 is 23.9 Å². The number of carbonyl (C=O) groups is 4. The van der Waals surface area contributed by atoms with Gasteiger partial charge < -0.3 is 24.4 Å². The van der Waals surface area contributed by atoms with Gasteiger partial charge in [0, 0.05) is 12.8 Å². The summed E-state index contributed by atoms with van der Waals surface area (Å²) >= 11 is 0. The molecule has 2 N–H and O–H groups in total. The number of carboxylic acid groups (broad SMARTS) is 2. The molecule has 0 aromatic heterocycles. The molecule has 0 fully saturated rings. The molecule has 0 aliphatic rings. The lowest BCUT2D eigenvalue weighted by Gasteiger charge is -2.35. The summed E-state index contributed by atoms with van der Waals surface area (Å²) in [7, 11) is 0. The molecule has 0 saturated heterocycles. The van der Waals surface area contributed by atoms with E-state index in [1.165, 1.54) is 0 Å². The van der Waals surface area contributed by atoms with Crippen LogP contribution in [0.5, 0.6) is 0 Å². The molecule has 0 bridgehead atoms. The Kier molecular flexibility index (Phi) is 11.4. The normalized spacial score (nSPS) is 13.7. The van der Waals surface area contributed by atoms with Crippen LogP contribution in [0.4, 0.5) is 0 Å². The van der Waals surface area contributed by atoms with Crippen molar-refractivity contribution in [2.45, 2.75) is 120 Å². The summed E-state index contributed by atoms with van der Waals surface area (Å²) in [5, 5.41) is 18.7. The summed E-state index contributed by atoms with van der Waals surface area (Å²) < 4.78 is 17.2. The average Bonchev–Trinajstić information content (AvgIpc) is 2.65. The average molecular weight is 531 g/mol. The lowest BCUT2D eigenvalue weighted by Crippen LogP contribution is -2.41. The van der Waals surface area contributed by atoms with Crippen LogP contribution in [-0.2, 0) is 33.4 Å². The Labute approximate surface area is 222 Å². The molecule has 9 heteroatoms. The molecule has 0 radical (unpaired) electrons. The van der Waals surface area contributed by atoms with Crippen molar-refractivity contribution in [2.75, 3.05) is 13.2 Å². The van der Waals surface area contributed by atoms with Gasteiger partial charge in [-0.2, -0.15) is 0 Å². The van der Waals surface area contributed by atoms with E-state index >= 15 is 0 Å². The van der Waals surface area contributed by atoms with Crippen LogP contribution >= 0.6 is 0 Å². The van der Waals surface area contributed by atoms with Crippen LogP contribution in [0.25, 0.3) is 0 Å². The Morgan fingerprint density at radius 3 is 1.32 bits per heavy atom. The van der Waals surface area contributed by atoms with Gasteiger partial charge in [0.2, 0.25) is 0 Å². The minimum atomic E-state index is -1.06. The van der Waals surface area contributed by atoms with Crippen molar-refractivity contribution in [3.05, 3.63) is 0 Å². The molecule has 0 saturated carbocycles. The maximum atomic E-state index is 12.8. The first-order valence-corrected chi connectivity index (χ1v) is 12.8. The van der Waals surface area contributed by atoms with E-state index in [1.807, 2.05) is 13.8 Å². The van der Waals surface area contributed by atoms with Crippen LogP contribution in [0, 0.1) is 21.7 Å². The second-order valence-electron chi connectivity index (χ2n) is 13.9. The summed E-state index contributed by atoms with van der Waals surface area (Å²) in [4.78, 5) is 48.3. The van der Waals surface area contributed by atoms with E-state index < -0.39 is 56.7 Å². The molecule has 0 spiro atoms. The smallest absolute Gasteiger partial charge is 0.312 e. The quantitative estimate of drug-likeness (QED) is 0.248. The Morgan fingerprint density at radius 1 is 0.541 bits per heavy atom. The van der Waals surface area contributed by atoms with Crippen LogP contribution in [-0.4, -0.2) is 58.5 Å². The van der Waals surface area contributed by atoms with Gasteiger partial charge in [-0.3, -0.25) is 19.2 Å². The molecule has 0 aromatic rings. The zero-order chi connectivity index (χ0) is 29.7. The maximum Gasteiger partial charge on any atom is 0.312 e. The van der Waals surface area contributed by atoms with Crippen molar-refractivity contribution in [1.29, 1.82) is 0 Å². The largest absolute Gasteiger partial charge is 0.481 e. The van der Waals surface area contributed by atoms with Crippen molar-refractivity contribution in [2.24, 2.45) is 21.7 Å². The number of carbonyl (C=O) groups excluding carboxylic acids is 2. The van der Waals surface area contributed by atoms with Crippen LogP contribution in [0.1, 0.15) is 109 Å². The fraction of sp³-hybridized carbons (Fsp3) is 0.857. The Hall–Kier alpha value is -2.16. The summed E-state index contributed by atoms with van der Waals surface area (Å²) in [5.74, 6) is -2.86. The third-order valence-corrected chi connectivity index (χ3v) is 6.53. The number of hydrogen-bond acceptors (Lipinski definition) is 7. The van der Waals surface area contributed by atoms with Crippen LogP contribution < -0.4 is 0 Å². The highest BCUT2D eigenvalue weighted by atomic mass is 16.6. The lowest BCUT2D eigenvalue weighted by atomic mass is 9.75. The Morgan fingerprint density at radius 2 is 0.919 bits per heavy atom. The molecule has 216 valence electrons. The molecule has 37 heavy (non-hydrogen) atoms. The van der Waals surface area contributed by atoms with Gasteiger partial charge in [-0.15, -0.1) is 0 Å². The van der Waals surface area contributed by atoms with E-state index in [2.05, 4.69) is 0 Å².